The number of nitrogens with one attached hydrogen (secondary N) is 1. The van der Waals surface area contributed by atoms with Crippen LogP contribution in [0.5, 0.6) is 0 Å². The number of carbonyl (C=O) groups excluding carboxylic acids is 1. The van der Waals surface area contributed by atoms with E-state index >= 15 is 0 Å². The number of halogens is 1. The van der Waals surface area contributed by atoms with Crippen molar-refractivity contribution in [2.75, 3.05) is 12.0 Å². The summed E-state index contributed by atoms with van der Waals surface area (Å²) < 4.78 is 14.8. The normalized spacial score (nSPS) is 11.8. The van der Waals surface area contributed by atoms with Gasteiger partial charge in [-0.2, -0.15) is 16.9 Å². The molecule has 0 spiro atoms. The van der Waals surface area contributed by atoms with Gasteiger partial charge in [0.1, 0.15) is 18.4 Å². The number of carboxylic acids is 1. The van der Waals surface area contributed by atoms with Crippen molar-refractivity contribution < 1.29 is 19.1 Å². The van der Waals surface area contributed by atoms with Gasteiger partial charge >= 0.3 is 5.97 Å². The first kappa shape index (κ1) is 19.6. The SMILES string of the molecule is CSCCC(NC(=O)Cn1nc(-c2ccccc2F)ccc1=O)C(=O)O. The third kappa shape index (κ3) is 5.16. The number of nitrogens with zero attached hydrogens (tertiary/aromatic N) is 2. The monoisotopic (exact) mass is 379 g/mol. The summed E-state index contributed by atoms with van der Waals surface area (Å²) in [5.74, 6) is -1.73. The average Bonchev–Trinajstić information content (AvgIpc) is 2.61. The molecule has 1 unspecified atom stereocenters. The van der Waals surface area contributed by atoms with Crippen molar-refractivity contribution in [3.05, 3.63) is 52.6 Å². The number of amides is 1. The van der Waals surface area contributed by atoms with Crippen molar-refractivity contribution >= 4 is 23.6 Å². The summed E-state index contributed by atoms with van der Waals surface area (Å²) in [5.41, 5.74) is -0.145. The molecule has 1 atom stereocenters. The summed E-state index contributed by atoms with van der Waals surface area (Å²) in [6, 6.07) is 7.45. The molecule has 1 aromatic heterocycles. The van der Waals surface area contributed by atoms with E-state index < -0.39 is 35.8 Å². The number of carboxylic acid groups (broad SMARTS) is 1. The molecular formula is C17H18FN3O4S. The van der Waals surface area contributed by atoms with Crippen LogP contribution in [0.15, 0.2) is 41.2 Å². The van der Waals surface area contributed by atoms with Gasteiger partial charge in [-0.25, -0.2) is 13.9 Å². The van der Waals surface area contributed by atoms with Gasteiger partial charge in [-0.3, -0.25) is 9.59 Å². The van der Waals surface area contributed by atoms with Gasteiger partial charge < -0.3 is 10.4 Å². The molecule has 1 heterocycles. The number of hydrogen-bond donors (Lipinski definition) is 2. The zero-order valence-corrected chi connectivity index (χ0v) is 14.8. The maximum atomic E-state index is 13.9. The van der Waals surface area contributed by atoms with Crippen molar-refractivity contribution in [1.29, 1.82) is 0 Å². The Morgan fingerprint density at radius 1 is 1.31 bits per heavy atom. The maximum absolute atomic E-state index is 13.9. The lowest BCUT2D eigenvalue weighted by molar-refractivity contribution is -0.142. The van der Waals surface area contributed by atoms with Crippen LogP contribution in [0.25, 0.3) is 11.3 Å². The van der Waals surface area contributed by atoms with E-state index in [2.05, 4.69) is 10.4 Å². The van der Waals surface area contributed by atoms with E-state index in [-0.39, 0.29) is 17.7 Å². The number of hydrogen-bond acceptors (Lipinski definition) is 5. The fraction of sp³-hybridized carbons (Fsp3) is 0.294. The van der Waals surface area contributed by atoms with Crippen LogP contribution in [0.1, 0.15) is 6.42 Å². The first-order chi connectivity index (χ1) is 12.4. The van der Waals surface area contributed by atoms with E-state index in [1.807, 2.05) is 6.26 Å². The summed E-state index contributed by atoms with van der Waals surface area (Å²) >= 11 is 1.46. The third-order valence-corrected chi connectivity index (χ3v) is 4.20. The van der Waals surface area contributed by atoms with Crippen LogP contribution in [0.2, 0.25) is 0 Å². The average molecular weight is 379 g/mol. The standard InChI is InChI=1S/C17H18FN3O4S/c1-26-9-8-14(17(24)25)19-15(22)10-21-16(23)7-6-13(20-21)11-4-2-3-5-12(11)18/h2-7,14H,8-10H2,1H3,(H,19,22)(H,24,25). The highest BCUT2D eigenvalue weighted by atomic mass is 32.2. The maximum Gasteiger partial charge on any atom is 0.326 e. The summed E-state index contributed by atoms with van der Waals surface area (Å²) in [5, 5.41) is 15.5. The molecule has 0 bridgehead atoms. The lowest BCUT2D eigenvalue weighted by Gasteiger charge is -2.14. The minimum absolute atomic E-state index is 0.199. The molecule has 0 aliphatic carbocycles. The minimum atomic E-state index is -1.15. The lowest BCUT2D eigenvalue weighted by atomic mass is 10.1. The predicted molar refractivity (Wildman–Crippen MR) is 96.5 cm³/mol. The lowest BCUT2D eigenvalue weighted by Crippen LogP contribution is -2.44. The molecule has 2 rings (SSSR count). The van der Waals surface area contributed by atoms with E-state index in [4.69, 9.17) is 5.11 Å². The second-order valence-corrected chi connectivity index (χ2v) is 6.42. The number of aliphatic carboxylic acids is 1. The summed E-state index contributed by atoms with van der Waals surface area (Å²) in [7, 11) is 0. The van der Waals surface area contributed by atoms with Crippen LogP contribution in [-0.4, -0.2) is 44.8 Å². The van der Waals surface area contributed by atoms with Gasteiger partial charge in [0.25, 0.3) is 5.56 Å². The Morgan fingerprint density at radius 2 is 2.04 bits per heavy atom. The van der Waals surface area contributed by atoms with Gasteiger partial charge in [-0.15, -0.1) is 0 Å². The van der Waals surface area contributed by atoms with Crippen LogP contribution in [0, 0.1) is 5.82 Å². The first-order valence-electron chi connectivity index (χ1n) is 7.76. The Bertz CT molecular complexity index is 856. The highest BCUT2D eigenvalue weighted by molar-refractivity contribution is 7.98. The van der Waals surface area contributed by atoms with Crippen molar-refractivity contribution in [2.24, 2.45) is 0 Å². The Kier molecular flexibility index (Phi) is 6.90. The van der Waals surface area contributed by atoms with E-state index in [0.717, 1.165) is 4.68 Å². The zero-order chi connectivity index (χ0) is 19.1. The Morgan fingerprint density at radius 3 is 2.69 bits per heavy atom. The van der Waals surface area contributed by atoms with Crippen molar-refractivity contribution in [1.82, 2.24) is 15.1 Å². The van der Waals surface area contributed by atoms with Gasteiger partial charge in [-0.1, -0.05) is 12.1 Å². The van der Waals surface area contributed by atoms with E-state index in [1.165, 1.54) is 42.1 Å². The van der Waals surface area contributed by atoms with Crippen molar-refractivity contribution in [3.8, 4) is 11.3 Å². The molecule has 2 aromatic rings. The van der Waals surface area contributed by atoms with Crippen LogP contribution in [0.3, 0.4) is 0 Å². The Hall–Kier alpha value is -2.68. The fourth-order valence-electron chi connectivity index (χ4n) is 2.24. The van der Waals surface area contributed by atoms with Crippen LogP contribution in [-0.2, 0) is 16.1 Å². The molecule has 138 valence electrons. The fourth-order valence-corrected chi connectivity index (χ4v) is 2.72. The highest BCUT2D eigenvalue weighted by Crippen LogP contribution is 2.18. The molecule has 26 heavy (non-hydrogen) atoms. The smallest absolute Gasteiger partial charge is 0.326 e. The van der Waals surface area contributed by atoms with E-state index in [0.29, 0.717) is 5.75 Å². The second kappa shape index (κ2) is 9.14. The molecule has 9 heteroatoms. The van der Waals surface area contributed by atoms with Crippen LogP contribution in [0.4, 0.5) is 4.39 Å². The molecular weight excluding hydrogens is 361 g/mol. The molecule has 0 saturated heterocycles. The molecule has 0 aliphatic rings. The predicted octanol–water partition coefficient (Wildman–Crippen LogP) is 1.37. The number of thioether (sulfide) groups is 1. The molecule has 0 aliphatic heterocycles. The van der Waals surface area contributed by atoms with Crippen LogP contribution < -0.4 is 10.9 Å². The highest BCUT2D eigenvalue weighted by Gasteiger charge is 2.20. The molecule has 0 fully saturated rings. The molecule has 1 aromatic carbocycles. The summed E-state index contributed by atoms with van der Waals surface area (Å²) in [4.78, 5) is 35.2. The van der Waals surface area contributed by atoms with Gasteiger partial charge in [0.05, 0.1) is 5.69 Å². The molecule has 1 amide bonds. The number of aromatic nitrogens is 2. The molecule has 0 radical (unpaired) electrons. The first-order valence-corrected chi connectivity index (χ1v) is 9.16. The van der Waals surface area contributed by atoms with Gasteiger partial charge in [0.15, 0.2) is 0 Å². The largest absolute Gasteiger partial charge is 0.480 e. The molecule has 7 nitrogen and oxygen atoms in total. The molecule has 0 saturated carbocycles. The topological polar surface area (TPSA) is 101 Å². The summed E-state index contributed by atoms with van der Waals surface area (Å²) in [6.07, 6.45) is 2.10. The van der Waals surface area contributed by atoms with E-state index in [1.54, 1.807) is 6.07 Å². The van der Waals surface area contributed by atoms with Crippen molar-refractivity contribution in [3.63, 3.8) is 0 Å². The van der Waals surface area contributed by atoms with Crippen LogP contribution >= 0.6 is 11.8 Å². The quantitative estimate of drug-likeness (QED) is 0.718. The van der Waals surface area contributed by atoms with Crippen molar-refractivity contribution in [2.45, 2.75) is 19.0 Å². The third-order valence-electron chi connectivity index (χ3n) is 3.55. The number of rotatable bonds is 8. The Labute approximate surface area is 153 Å². The number of benzene rings is 1. The van der Waals surface area contributed by atoms with Gasteiger partial charge in [0.2, 0.25) is 5.91 Å². The van der Waals surface area contributed by atoms with E-state index in [9.17, 15) is 18.8 Å². The number of carbonyl (C=O) groups is 2. The Balaban J connectivity index is 2.17. The second-order valence-electron chi connectivity index (χ2n) is 5.43. The molecule has 2 N–H and O–H groups in total. The zero-order valence-electron chi connectivity index (χ0n) is 14.0. The minimum Gasteiger partial charge on any atom is -0.480 e. The van der Waals surface area contributed by atoms with Gasteiger partial charge in [0, 0.05) is 11.6 Å². The summed E-state index contributed by atoms with van der Waals surface area (Å²) in [6.45, 7) is -0.454. The van der Waals surface area contributed by atoms with Gasteiger partial charge in [-0.05, 0) is 36.6 Å².